The molecule has 2 atom stereocenters. The number of rotatable bonds is 0. The molecule has 0 amide bonds. The molecule has 2 aromatic carbocycles. The molecule has 0 aliphatic carbocycles. The van der Waals surface area contributed by atoms with Gasteiger partial charge in [0.1, 0.15) is 11.9 Å². The number of fused-ring (bicyclic) bond motifs is 8. The van der Waals surface area contributed by atoms with Crippen molar-refractivity contribution in [2.75, 3.05) is 20.2 Å². The molecule has 4 aliphatic rings. The highest BCUT2D eigenvalue weighted by atomic mass is 16.7. The van der Waals surface area contributed by atoms with E-state index in [0.717, 1.165) is 39.9 Å². The third-order valence-electron chi connectivity index (χ3n) is 4.76. The van der Waals surface area contributed by atoms with Gasteiger partial charge in [-0.2, -0.15) is 0 Å². The maximum Gasteiger partial charge on any atom is 0.231 e. The van der Waals surface area contributed by atoms with Crippen LogP contribution in [0.1, 0.15) is 23.1 Å². The van der Waals surface area contributed by atoms with Crippen LogP contribution in [0.4, 0.5) is 0 Å². The van der Waals surface area contributed by atoms with E-state index in [4.69, 9.17) is 28.4 Å². The number of ether oxygens (including phenoxy) is 6. The van der Waals surface area contributed by atoms with Gasteiger partial charge in [-0.25, -0.2) is 0 Å². The predicted molar refractivity (Wildman–Crippen MR) is 76.7 cm³/mol. The van der Waals surface area contributed by atoms with Crippen LogP contribution in [0.25, 0.3) is 0 Å². The van der Waals surface area contributed by atoms with Crippen LogP contribution in [-0.2, 0) is 0 Å². The van der Waals surface area contributed by atoms with Crippen LogP contribution in [0, 0.1) is 0 Å². The first kappa shape index (κ1) is 11.8. The Labute approximate surface area is 131 Å². The second kappa shape index (κ2) is 3.95. The zero-order valence-electron chi connectivity index (χ0n) is 12.0. The summed E-state index contributed by atoms with van der Waals surface area (Å²) < 4.78 is 34.1. The molecule has 6 nitrogen and oxygen atoms in total. The van der Waals surface area contributed by atoms with Crippen LogP contribution in [0.3, 0.4) is 0 Å². The first-order chi connectivity index (χ1) is 11.4. The van der Waals surface area contributed by atoms with Gasteiger partial charge in [0.15, 0.2) is 23.0 Å². The fourth-order valence-corrected chi connectivity index (χ4v) is 3.68. The molecule has 0 saturated heterocycles. The summed E-state index contributed by atoms with van der Waals surface area (Å²) in [6.07, 6.45) is -0.0919. The second-order valence-corrected chi connectivity index (χ2v) is 5.92. The van der Waals surface area contributed by atoms with Gasteiger partial charge in [-0.1, -0.05) is 0 Å². The monoisotopic (exact) mass is 312 g/mol. The van der Waals surface area contributed by atoms with Crippen molar-refractivity contribution in [3.05, 3.63) is 35.4 Å². The first-order valence-corrected chi connectivity index (χ1v) is 7.54. The fourth-order valence-electron chi connectivity index (χ4n) is 3.68. The molecule has 0 fully saturated rings. The van der Waals surface area contributed by atoms with Crippen molar-refractivity contribution in [2.45, 2.75) is 12.0 Å². The molecule has 0 N–H and O–H groups in total. The molecule has 23 heavy (non-hydrogen) atoms. The van der Waals surface area contributed by atoms with Crippen LogP contribution in [0.2, 0.25) is 0 Å². The van der Waals surface area contributed by atoms with Gasteiger partial charge < -0.3 is 28.4 Å². The van der Waals surface area contributed by atoms with Crippen LogP contribution in [0.15, 0.2) is 24.3 Å². The van der Waals surface area contributed by atoms with Crippen LogP contribution in [0.5, 0.6) is 34.5 Å². The van der Waals surface area contributed by atoms with Gasteiger partial charge in [0, 0.05) is 17.2 Å². The minimum atomic E-state index is -0.0919. The van der Waals surface area contributed by atoms with E-state index in [1.807, 2.05) is 24.3 Å². The molecular formula is C17H12O6. The molecular weight excluding hydrogens is 300 g/mol. The molecule has 0 spiro atoms. The van der Waals surface area contributed by atoms with Crippen LogP contribution in [-0.4, -0.2) is 20.2 Å². The zero-order chi connectivity index (χ0) is 15.0. The zero-order valence-corrected chi connectivity index (χ0v) is 12.0. The van der Waals surface area contributed by atoms with E-state index in [0.29, 0.717) is 12.4 Å². The first-order valence-electron chi connectivity index (χ1n) is 7.54. The molecule has 0 radical (unpaired) electrons. The molecule has 0 aromatic heterocycles. The van der Waals surface area contributed by atoms with Gasteiger partial charge in [0.25, 0.3) is 0 Å². The lowest BCUT2D eigenvalue weighted by Crippen LogP contribution is -2.23. The number of benzene rings is 2. The molecule has 4 aliphatic heterocycles. The van der Waals surface area contributed by atoms with E-state index < -0.39 is 0 Å². The van der Waals surface area contributed by atoms with E-state index >= 15 is 0 Å². The predicted octanol–water partition coefficient (Wildman–Crippen LogP) is 2.75. The van der Waals surface area contributed by atoms with Crippen molar-refractivity contribution in [3.8, 4) is 34.5 Å². The minimum absolute atomic E-state index is 0.0919. The Bertz CT molecular complexity index is 845. The molecule has 0 unspecified atom stereocenters. The Balaban J connectivity index is 1.48. The fraction of sp³-hybridized carbons (Fsp3) is 0.294. The lowest BCUT2D eigenvalue weighted by atomic mass is 9.89. The van der Waals surface area contributed by atoms with Crippen molar-refractivity contribution in [1.29, 1.82) is 0 Å². The van der Waals surface area contributed by atoms with Gasteiger partial charge in [-0.15, -0.1) is 0 Å². The van der Waals surface area contributed by atoms with E-state index in [2.05, 4.69) is 0 Å². The molecule has 0 bridgehead atoms. The molecule has 4 heterocycles. The third-order valence-corrected chi connectivity index (χ3v) is 4.76. The van der Waals surface area contributed by atoms with E-state index in [-0.39, 0.29) is 25.6 Å². The number of hydrogen-bond donors (Lipinski definition) is 0. The van der Waals surface area contributed by atoms with E-state index in [1.54, 1.807) is 0 Å². The molecule has 116 valence electrons. The van der Waals surface area contributed by atoms with Crippen LogP contribution < -0.4 is 28.4 Å². The Morgan fingerprint density at radius 2 is 1.52 bits per heavy atom. The summed E-state index contributed by atoms with van der Waals surface area (Å²) in [5.41, 5.74) is 2.09. The Morgan fingerprint density at radius 1 is 0.696 bits per heavy atom. The molecule has 6 heteroatoms. The minimum Gasteiger partial charge on any atom is -0.488 e. The van der Waals surface area contributed by atoms with Crippen molar-refractivity contribution in [2.24, 2.45) is 0 Å². The maximum atomic E-state index is 6.21. The number of hydrogen-bond acceptors (Lipinski definition) is 6. The maximum absolute atomic E-state index is 6.21. The van der Waals surface area contributed by atoms with Gasteiger partial charge in [-0.05, 0) is 18.2 Å². The van der Waals surface area contributed by atoms with Gasteiger partial charge in [0.05, 0.1) is 12.5 Å². The Hall–Kier alpha value is -2.76. The highest BCUT2D eigenvalue weighted by Gasteiger charge is 2.44. The summed E-state index contributed by atoms with van der Waals surface area (Å²) in [6.45, 7) is 1.02. The average Bonchev–Trinajstić information content (AvgIpc) is 3.29. The normalized spacial score (nSPS) is 24.3. The third kappa shape index (κ3) is 1.43. The topological polar surface area (TPSA) is 55.4 Å². The van der Waals surface area contributed by atoms with Crippen molar-refractivity contribution >= 4 is 0 Å². The van der Waals surface area contributed by atoms with Gasteiger partial charge in [0.2, 0.25) is 19.3 Å². The summed E-state index contributed by atoms with van der Waals surface area (Å²) >= 11 is 0. The lowest BCUT2D eigenvalue weighted by molar-refractivity contribution is 0.131. The van der Waals surface area contributed by atoms with Crippen LogP contribution >= 0.6 is 0 Å². The summed E-state index contributed by atoms with van der Waals surface area (Å²) in [5.74, 6) is 4.59. The molecule has 2 aromatic rings. The van der Waals surface area contributed by atoms with Crippen molar-refractivity contribution in [1.82, 2.24) is 0 Å². The second-order valence-electron chi connectivity index (χ2n) is 5.92. The Kier molecular flexibility index (Phi) is 2.02. The van der Waals surface area contributed by atoms with Gasteiger partial charge >= 0.3 is 0 Å². The molecule has 6 rings (SSSR count). The summed E-state index contributed by atoms with van der Waals surface area (Å²) in [4.78, 5) is 0. The van der Waals surface area contributed by atoms with Gasteiger partial charge in [-0.3, -0.25) is 0 Å². The average molecular weight is 312 g/mol. The lowest BCUT2D eigenvalue weighted by Gasteiger charge is -2.28. The summed E-state index contributed by atoms with van der Waals surface area (Å²) in [6, 6.07) is 7.81. The summed E-state index contributed by atoms with van der Waals surface area (Å²) in [5, 5.41) is 0. The standard InChI is InChI=1S/C17H12O6/c1-2-11-17(22-7-19-11)16-8(1)15-10(5-18-16)9-3-13-14(21-6-20-13)4-12(9)23-15/h1-4,10,15H,5-7H2/t10-,15+/m0/s1. The highest BCUT2D eigenvalue weighted by molar-refractivity contribution is 5.62. The van der Waals surface area contributed by atoms with Crippen molar-refractivity contribution in [3.63, 3.8) is 0 Å². The smallest absolute Gasteiger partial charge is 0.231 e. The molecule has 0 saturated carbocycles. The Morgan fingerprint density at radius 3 is 2.48 bits per heavy atom. The van der Waals surface area contributed by atoms with Crippen molar-refractivity contribution < 1.29 is 28.4 Å². The largest absolute Gasteiger partial charge is 0.488 e. The van der Waals surface area contributed by atoms with E-state index in [1.165, 1.54) is 0 Å². The highest BCUT2D eigenvalue weighted by Crippen LogP contribution is 2.57. The SMILES string of the molecule is c1c2c(cc3c1O[C@@H]1c4ccc5c(c4OC[C@@H]31)OCO5)OCO2. The summed E-state index contributed by atoms with van der Waals surface area (Å²) in [7, 11) is 0. The van der Waals surface area contributed by atoms with E-state index in [9.17, 15) is 0 Å². The quantitative estimate of drug-likeness (QED) is 0.745.